The minimum Gasteiger partial charge on any atom is -0.351 e. The van der Waals surface area contributed by atoms with Crippen molar-refractivity contribution >= 4 is 5.91 Å². The molecule has 0 aliphatic carbocycles. The quantitative estimate of drug-likeness (QED) is 0.897. The maximum absolute atomic E-state index is 11.7. The number of nitrogens with zero attached hydrogens (tertiary/aromatic N) is 2. The molecule has 0 fully saturated rings. The maximum Gasteiger partial charge on any atom is 0.222 e. The number of hydrogen-bond donors (Lipinski definition) is 1. The van der Waals surface area contributed by atoms with E-state index in [2.05, 4.69) is 31.2 Å². The third-order valence-corrected chi connectivity index (χ3v) is 2.58. The Hall–Kier alpha value is -1.32. The van der Waals surface area contributed by atoms with Crippen LogP contribution in [0.1, 0.15) is 53.5 Å². The second-order valence-corrected chi connectivity index (χ2v) is 6.79. The lowest BCUT2D eigenvalue weighted by atomic mass is 9.90. The van der Waals surface area contributed by atoms with Crippen molar-refractivity contribution in [3.05, 3.63) is 18.0 Å². The lowest BCUT2D eigenvalue weighted by Gasteiger charge is -2.20. The molecule has 0 saturated carbocycles. The molecule has 0 aliphatic heterocycles. The van der Waals surface area contributed by atoms with E-state index in [0.29, 0.717) is 13.0 Å². The molecule has 0 saturated heterocycles. The molecule has 0 atom stereocenters. The summed E-state index contributed by atoms with van der Waals surface area (Å²) in [6.45, 7) is 13.0. The van der Waals surface area contributed by atoms with E-state index in [1.54, 1.807) is 0 Å². The first kappa shape index (κ1) is 14.7. The van der Waals surface area contributed by atoms with Gasteiger partial charge in [-0.05, 0) is 31.7 Å². The van der Waals surface area contributed by atoms with Gasteiger partial charge in [0.1, 0.15) is 0 Å². The number of aromatic nitrogens is 2. The van der Waals surface area contributed by atoms with Gasteiger partial charge in [0, 0.05) is 24.7 Å². The summed E-state index contributed by atoms with van der Waals surface area (Å²) in [5.41, 5.74) is 1.13. The number of aryl methyl sites for hydroxylation is 1. The average Bonchev–Trinajstić information content (AvgIpc) is 2.59. The molecular formula is C14H25N3O. The van der Waals surface area contributed by atoms with Gasteiger partial charge in [-0.25, -0.2) is 0 Å². The van der Waals surface area contributed by atoms with E-state index in [0.717, 1.165) is 0 Å². The molecule has 4 heteroatoms. The van der Waals surface area contributed by atoms with Crippen molar-refractivity contribution in [2.24, 2.45) is 0 Å². The first-order valence-electron chi connectivity index (χ1n) is 6.42. The number of nitrogens with one attached hydrogen (secondary N) is 1. The Morgan fingerprint density at radius 2 is 1.89 bits per heavy atom. The van der Waals surface area contributed by atoms with Crippen LogP contribution in [0.5, 0.6) is 0 Å². The number of hydrogen-bond acceptors (Lipinski definition) is 2. The molecule has 1 N–H and O–H groups in total. The molecule has 1 rings (SSSR count). The number of rotatable bonds is 3. The molecule has 102 valence electrons. The van der Waals surface area contributed by atoms with E-state index < -0.39 is 0 Å². The van der Waals surface area contributed by atoms with E-state index in [1.165, 1.54) is 5.56 Å². The van der Waals surface area contributed by atoms with Gasteiger partial charge in [-0.1, -0.05) is 20.8 Å². The van der Waals surface area contributed by atoms with Crippen molar-refractivity contribution in [2.45, 2.75) is 65.5 Å². The Bertz CT molecular complexity index is 407. The zero-order chi connectivity index (χ0) is 14.0. The van der Waals surface area contributed by atoms with Crippen LogP contribution in [0, 0.1) is 0 Å². The SMILES string of the molecule is CC(C)(C)NC(=O)CCn1cc(C(C)(C)C)cn1. The fourth-order valence-corrected chi connectivity index (χ4v) is 1.57. The van der Waals surface area contributed by atoms with Crippen LogP contribution in [-0.2, 0) is 16.8 Å². The second-order valence-electron chi connectivity index (χ2n) is 6.79. The van der Waals surface area contributed by atoms with Crippen LogP contribution in [0.3, 0.4) is 0 Å². The van der Waals surface area contributed by atoms with Crippen LogP contribution >= 0.6 is 0 Å². The zero-order valence-electron chi connectivity index (χ0n) is 12.4. The van der Waals surface area contributed by atoms with Crippen LogP contribution in [-0.4, -0.2) is 21.2 Å². The predicted molar refractivity (Wildman–Crippen MR) is 73.4 cm³/mol. The summed E-state index contributed by atoms with van der Waals surface area (Å²) in [5.74, 6) is 0.0651. The van der Waals surface area contributed by atoms with E-state index in [-0.39, 0.29) is 16.9 Å². The number of amides is 1. The molecule has 0 bridgehead atoms. The summed E-state index contributed by atoms with van der Waals surface area (Å²) in [6, 6.07) is 0. The molecule has 0 unspecified atom stereocenters. The Labute approximate surface area is 110 Å². The van der Waals surface area contributed by atoms with Gasteiger partial charge in [-0.2, -0.15) is 5.10 Å². The molecule has 4 nitrogen and oxygen atoms in total. The van der Waals surface area contributed by atoms with E-state index in [1.807, 2.05) is 37.8 Å². The van der Waals surface area contributed by atoms with Gasteiger partial charge in [-0.3, -0.25) is 9.48 Å². The van der Waals surface area contributed by atoms with Gasteiger partial charge in [0.05, 0.1) is 6.20 Å². The van der Waals surface area contributed by atoms with E-state index in [9.17, 15) is 4.79 Å². The molecule has 1 amide bonds. The number of carbonyl (C=O) groups excluding carboxylic acids is 1. The Balaban J connectivity index is 2.50. The monoisotopic (exact) mass is 251 g/mol. The highest BCUT2D eigenvalue weighted by molar-refractivity contribution is 5.76. The normalized spacial score (nSPS) is 12.6. The largest absolute Gasteiger partial charge is 0.351 e. The maximum atomic E-state index is 11.7. The van der Waals surface area contributed by atoms with Crippen molar-refractivity contribution in [1.29, 1.82) is 0 Å². The molecule has 18 heavy (non-hydrogen) atoms. The Kier molecular flexibility index (Phi) is 4.20. The van der Waals surface area contributed by atoms with Crippen molar-refractivity contribution in [1.82, 2.24) is 15.1 Å². The predicted octanol–water partition coefficient (Wildman–Crippen LogP) is 2.49. The Morgan fingerprint density at radius 1 is 1.28 bits per heavy atom. The summed E-state index contributed by atoms with van der Waals surface area (Å²) in [6.07, 6.45) is 4.36. The van der Waals surface area contributed by atoms with Crippen LogP contribution in [0.2, 0.25) is 0 Å². The molecule has 1 aromatic rings. The summed E-state index contributed by atoms with van der Waals surface area (Å²) in [5, 5.41) is 7.23. The van der Waals surface area contributed by atoms with Gasteiger partial charge in [-0.15, -0.1) is 0 Å². The van der Waals surface area contributed by atoms with Gasteiger partial charge < -0.3 is 5.32 Å². The highest BCUT2D eigenvalue weighted by Gasteiger charge is 2.16. The van der Waals surface area contributed by atoms with Gasteiger partial charge in [0.25, 0.3) is 0 Å². The summed E-state index contributed by atoms with van der Waals surface area (Å²) in [7, 11) is 0. The van der Waals surface area contributed by atoms with Crippen LogP contribution in [0.4, 0.5) is 0 Å². The van der Waals surface area contributed by atoms with Crippen molar-refractivity contribution < 1.29 is 4.79 Å². The zero-order valence-corrected chi connectivity index (χ0v) is 12.4. The first-order chi connectivity index (χ1) is 8.08. The standard InChI is InChI=1S/C14H25N3O/c1-13(2,3)11-9-15-17(10-11)8-7-12(18)16-14(4,5)6/h9-10H,7-8H2,1-6H3,(H,16,18). The highest BCUT2D eigenvalue weighted by atomic mass is 16.1. The third-order valence-electron chi connectivity index (χ3n) is 2.58. The minimum atomic E-state index is -0.169. The number of carbonyl (C=O) groups is 1. The van der Waals surface area contributed by atoms with Crippen LogP contribution in [0.15, 0.2) is 12.4 Å². The molecule has 1 heterocycles. The smallest absolute Gasteiger partial charge is 0.222 e. The molecular weight excluding hydrogens is 226 g/mol. The topological polar surface area (TPSA) is 46.9 Å². The molecule has 0 spiro atoms. The van der Waals surface area contributed by atoms with Gasteiger partial charge in [0.15, 0.2) is 0 Å². The molecule has 1 aromatic heterocycles. The van der Waals surface area contributed by atoms with Crippen molar-refractivity contribution in [2.75, 3.05) is 0 Å². The molecule has 0 radical (unpaired) electrons. The summed E-state index contributed by atoms with van der Waals surface area (Å²) < 4.78 is 1.84. The lowest BCUT2D eigenvalue weighted by molar-refractivity contribution is -0.122. The van der Waals surface area contributed by atoms with Gasteiger partial charge in [0.2, 0.25) is 5.91 Å². The lowest BCUT2D eigenvalue weighted by Crippen LogP contribution is -2.40. The molecule has 0 aromatic carbocycles. The van der Waals surface area contributed by atoms with Crippen molar-refractivity contribution in [3.63, 3.8) is 0 Å². The van der Waals surface area contributed by atoms with Crippen LogP contribution in [0.25, 0.3) is 0 Å². The Morgan fingerprint density at radius 3 is 2.33 bits per heavy atom. The average molecular weight is 251 g/mol. The third kappa shape index (κ3) is 4.90. The van der Waals surface area contributed by atoms with E-state index in [4.69, 9.17) is 0 Å². The molecule has 0 aliphatic rings. The van der Waals surface area contributed by atoms with Crippen molar-refractivity contribution in [3.8, 4) is 0 Å². The van der Waals surface area contributed by atoms with Crippen LogP contribution < -0.4 is 5.32 Å². The fourth-order valence-electron chi connectivity index (χ4n) is 1.57. The summed E-state index contributed by atoms with van der Waals surface area (Å²) in [4.78, 5) is 11.7. The fraction of sp³-hybridized carbons (Fsp3) is 0.714. The first-order valence-corrected chi connectivity index (χ1v) is 6.42. The summed E-state index contributed by atoms with van der Waals surface area (Å²) >= 11 is 0. The van der Waals surface area contributed by atoms with Gasteiger partial charge >= 0.3 is 0 Å². The second kappa shape index (κ2) is 5.12. The minimum absolute atomic E-state index is 0.0651. The van der Waals surface area contributed by atoms with E-state index >= 15 is 0 Å². The highest BCUT2D eigenvalue weighted by Crippen LogP contribution is 2.20.